The Morgan fingerprint density at radius 1 is 1.22 bits per heavy atom. The van der Waals surface area contributed by atoms with Crippen molar-refractivity contribution in [1.82, 2.24) is 9.97 Å². The fraction of sp³-hybridized carbons (Fsp3) is 0.231. The second-order valence-corrected chi connectivity index (χ2v) is 4.40. The van der Waals surface area contributed by atoms with Crippen molar-refractivity contribution in [2.75, 3.05) is 0 Å². The molecule has 94 valence electrons. The van der Waals surface area contributed by atoms with Gasteiger partial charge in [-0.15, -0.1) is 12.4 Å². The molecule has 0 unspecified atom stereocenters. The van der Waals surface area contributed by atoms with Crippen LogP contribution in [-0.4, -0.2) is 21.1 Å². The van der Waals surface area contributed by atoms with Crippen LogP contribution in [0.1, 0.15) is 17.9 Å². The van der Waals surface area contributed by atoms with E-state index in [1.807, 2.05) is 18.5 Å². The standard InChI is InChI=1S/C13H13N3O.ClH/c14-12-5-11(12)9-6-15-13(16-7-9)8-2-1-3-10(17)4-8;/h1-4,6-7,11-12,17H,5,14H2;1H/t11-,12+;/m0./s1. The molecule has 3 rings (SSSR count). The first kappa shape index (κ1) is 12.8. The van der Waals surface area contributed by atoms with E-state index in [0.29, 0.717) is 11.7 Å². The van der Waals surface area contributed by atoms with Crippen LogP contribution in [0.15, 0.2) is 36.7 Å². The van der Waals surface area contributed by atoms with Gasteiger partial charge in [0.15, 0.2) is 5.82 Å². The molecule has 0 bridgehead atoms. The minimum absolute atomic E-state index is 0. The molecule has 1 aromatic heterocycles. The SMILES string of the molecule is Cl.N[C@@H]1C[C@H]1c1cnc(-c2cccc(O)c2)nc1. The number of rotatable bonds is 2. The summed E-state index contributed by atoms with van der Waals surface area (Å²) in [6.07, 6.45) is 4.67. The summed E-state index contributed by atoms with van der Waals surface area (Å²) in [6, 6.07) is 7.19. The van der Waals surface area contributed by atoms with Crippen LogP contribution in [0.25, 0.3) is 11.4 Å². The Labute approximate surface area is 111 Å². The Morgan fingerprint density at radius 2 is 1.89 bits per heavy atom. The summed E-state index contributed by atoms with van der Waals surface area (Å²) in [5.41, 5.74) is 7.69. The van der Waals surface area contributed by atoms with Gasteiger partial charge in [-0.05, 0) is 24.1 Å². The zero-order chi connectivity index (χ0) is 11.8. The van der Waals surface area contributed by atoms with E-state index in [4.69, 9.17) is 5.73 Å². The summed E-state index contributed by atoms with van der Waals surface area (Å²) in [5, 5.41) is 9.39. The lowest BCUT2D eigenvalue weighted by Gasteiger charge is -2.02. The third kappa shape index (κ3) is 2.44. The van der Waals surface area contributed by atoms with Gasteiger partial charge in [0, 0.05) is 29.9 Å². The number of benzene rings is 1. The highest BCUT2D eigenvalue weighted by Crippen LogP contribution is 2.38. The monoisotopic (exact) mass is 263 g/mol. The lowest BCUT2D eigenvalue weighted by Crippen LogP contribution is -2.01. The van der Waals surface area contributed by atoms with E-state index in [1.54, 1.807) is 18.2 Å². The Hall–Kier alpha value is -1.65. The molecule has 0 amide bonds. The Kier molecular flexibility index (Phi) is 3.50. The molecular weight excluding hydrogens is 250 g/mol. The molecule has 2 aromatic rings. The van der Waals surface area contributed by atoms with E-state index in [0.717, 1.165) is 17.5 Å². The summed E-state index contributed by atoms with van der Waals surface area (Å²) in [7, 11) is 0. The predicted octanol–water partition coefficient (Wildman–Crippen LogP) is 2.09. The normalized spacial score (nSPS) is 21.2. The smallest absolute Gasteiger partial charge is 0.159 e. The molecule has 0 spiro atoms. The topological polar surface area (TPSA) is 72.0 Å². The van der Waals surface area contributed by atoms with Crippen molar-refractivity contribution in [3.05, 3.63) is 42.2 Å². The van der Waals surface area contributed by atoms with Crippen molar-refractivity contribution in [2.24, 2.45) is 5.73 Å². The van der Waals surface area contributed by atoms with E-state index in [1.165, 1.54) is 0 Å². The summed E-state index contributed by atoms with van der Waals surface area (Å²) < 4.78 is 0. The third-order valence-corrected chi connectivity index (χ3v) is 3.04. The van der Waals surface area contributed by atoms with Crippen LogP contribution < -0.4 is 5.73 Å². The number of phenols is 1. The summed E-state index contributed by atoms with van der Waals surface area (Å²) in [4.78, 5) is 8.62. The van der Waals surface area contributed by atoms with Crippen LogP contribution in [0.3, 0.4) is 0 Å². The van der Waals surface area contributed by atoms with E-state index < -0.39 is 0 Å². The lowest BCUT2D eigenvalue weighted by atomic mass is 10.2. The zero-order valence-electron chi connectivity index (χ0n) is 9.65. The predicted molar refractivity (Wildman–Crippen MR) is 71.7 cm³/mol. The Morgan fingerprint density at radius 3 is 2.44 bits per heavy atom. The molecule has 0 saturated heterocycles. The average Bonchev–Trinajstić information content (AvgIpc) is 3.07. The van der Waals surface area contributed by atoms with E-state index >= 15 is 0 Å². The highest BCUT2D eigenvalue weighted by Gasteiger charge is 2.35. The van der Waals surface area contributed by atoms with Crippen LogP contribution in [-0.2, 0) is 0 Å². The van der Waals surface area contributed by atoms with Gasteiger partial charge in [-0.25, -0.2) is 9.97 Å². The third-order valence-electron chi connectivity index (χ3n) is 3.04. The van der Waals surface area contributed by atoms with Crippen molar-refractivity contribution in [3.8, 4) is 17.1 Å². The number of aromatic nitrogens is 2. The van der Waals surface area contributed by atoms with Crippen molar-refractivity contribution in [1.29, 1.82) is 0 Å². The second kappa shape index (κ2) is 4.92. The van der Waals surface area contributed by atoms with Gasteiger partial charge in [0.25, 0.3) is 0 Å². The Balaban J connectivity index is 0.00000120. The largest absolute Gasteiger partial charge is 0.508 e. The molecule has 1 saturated carbocycles. The van der Waals surface area contributed by atoms with Gasteiger partial charge in [0.2, 0.25) is 0 Å². The summed E-state index contributed by atoms with van der Waals surface area (Å²) in [5.74, 6) is 1.27. The van der Waals surface area contributed by atoms with Gasteiger partial charge < -0.3 is 10.8 Å². The first-order valence-electron chi connectivity index (χ1n) is 5.61. The molecule has 18 heavy (non-hydrogen) atoms. The molecule has 1 aliphatic carbocycles. The molecular formula is C13H14ClN3O. The molecule has 0 radical (unpaired) electrons. The minimum atomic E-state index is 0. The van der Waals surface area contributed by atoms with Crippen LogP contribution in [0.2, 0.25) is 0 Å². The molecule has 3 N–H and O–H groups in total. The number of aromatic hydroxyl groups is 1. The van der Waals surface area contributed by atoms with Gasteiger partial charge in [-0.3, -0.25) is 0 Å². The van der Waals surface area contributed by atoms with Crippen molar-refractivity contribution >= 4 is 12.4 Å². The van der Waals surface area contributed by atoms with Crippen LogP contribution in [0.5, 0.6) is 5.75 Å². The van der Waals surface area contributed by atoms with Crippen LogP contribution >= 0.6 is 12.4 Å². The number of hydrogen-bond acceptors (Lipinski definition) is 4. The van der Waals surface area contributed by atoms with Crippen molar-refractivity contribution in [2.45, 2.75) is 18.4 Å². The number of nitrogens with zero attached hydrogens (tertiary/aromatic N) is 2. The van der Waals surface area contributed by atoms with Crippen molar-refractivity contribution < 1.29 is 5.11 Å². The van der Waals surface area contributed by atoms with E-state index in [9.17, 15) is 5.11 Å². The van der Waals surface area contributed by atoms with E-state index in [2.05, 4.69) is 9.97 Å². The Bertz CT molecular complexity index is 544. The fourth-order valence-corrected chi connectivity index (χ4v) is 1.92. The fourth-order valence-electron chi connectivity index (χ4n) is 1.92. The van der Waals surface area contributed by atoms with Gasteiger partial charge in [-0.1, -0.05) is 12.1 Å². The molecule has 1 heterocycles. The zero-order valence-corrected chi connectivity index (χ0v) is 10.5. The van der Waals surface area contributed by atoms with Crippen LogP contribution in [0, 0.1) is 0 Å². The lowest BCUT2D eigenvalue weighted by molar-refractivity contribution is 0.475. The van der Waals surface area contributed by atoms with E-state index in [-0.39, 0.29) is 24.2 Å². The maximum absolute atomic E-state index is 9.39. The molecule has 5 heteroatoms. The molecule has 1 aromatic carbocycles. The summed E-state index contributed by atoms with van der Waals surface area (Å²) >= 11 is 0. The highest BCUT2D eigenvalue weighted by molar-refractivity contribution is 5.85. The van der Waals surface area contributed by atoms with Gasteiger partial charge >= 0.3 is 0 Å². The van der Waals surface area contributed by atoms with Gasteiger partial charge in [0.1, 0.15) is 5.75 Å². The average molecular weight is 264 g/mol. The first-order chi connectivity index (χ1) is 8.24. The molecule has 2 atom stereocenters. The summed E-state index contributed by atoms with van der Waals surface area (Å²) in [6.45, 7) is 0. The molecule has 1 fully saturated rings. The molecule has 4 nitrogen and oxygen atoms in total. The number of halogens is 1. The number of nitrogens with two attached hydrogens (primary N) is 1. The maximum atomic E-state index is 9.39. The molecule has 1 aliphatic rings. The highest BCUT2D eigenvalue weighted by atomic mass is 35.5. The number of phenolic OH excluding ortho intramolecular Hbond substituents is 1. The van der Waals surface area contributed by atoms with Crippen molar-refractivity contribution in [3.63, 3.8) is 0 Å². The second-order valence-electron chi connectivity index (χ2n) is 4.40. The van der Waals surface area contributed by atoms with Gasteiger partial charge in [0.05, 0.1) is 0 Å². The maximum Gasteiger partial charge on any atom is 0.159 e. The minimum Gasteiger partial charge on any atom is -0.508 e. The van der Waals surface area contributed by atoms with Crippen LogP contribution in [0.4, 0.5) is 0 Å². The number of hydrogen-bond donors (Lipinski definition) is 2. The quantitative estimate of drug-likeness (QED) is 0.870. The first-order valence-corrected chi connectivity index (χ1v) is 5.61. The molecule has 0 aliphatic heterocycles. The van der Waals surface area contributed by atoms with Gasteiger partial charge in [-0.2, -0.15) is 0 Å².